The molecule has 0 amide bonds. The van der Waals surface area contributed by atoms with E-state index in [0.717, 1.165) is 11.3 Å². The van der Waals surface area contributed by atoms with Crippen molar-refractivity contribution in [3.05, 3.63) is 23.8 Å². The van der Waals surface area contributed by atoms with E-state index >= 15 is 0 Å². The molecule has 0 saturated heterocycles. The predicted molar refractivity (Wildman–Crippen MR) is 85.4 cm³/mol. The molecule has 0 radical (unpaired) electrons. The summed E-state index contributed by atoms with van der Waals surface area (Å²) < 4.78 is 11.8. The molecular formula is C17H27NO4. The van der Waals surface area contributed by atoms with Crippen molar-refractivity contribution in [2.45, 2.75) is 51.5 Å². The van der Waals surface area contributed by atoms with Gasteiger partial charge in [0.2, 0.25) is 0 Å². The van der Waals surface area contributed by atoms with Gasteiger partial charge >= 0.3 is 0 Å². The molecule has 1 aliphatic rings. The van der Waals surface area contributed by atoms with Gasteiger partial charge in [0.05, 0.1) is 18.8 Å². The fourth-order valence-corrected chi connectivity index (χ4v) is 3.16. The highest BCUT2D eigenvalue weighted by molar-refractivity contribution is 5.45. The second kappa shape index (κ2) is 6.44. The van der Waals surface area contributed by atoms with Gasteiger partial charge in [-0.05, 0) is 46.9 Å². The molecule has 0 aromatic heterocycles. The van der Waals surface area contributed by atoms with Crippen molar-refractivity contribution in [3.8, 4) is 11.5 Å². The molecule has 5 nitrogen and oxygen atoms in total. The Bertz CT molecular complexity index is 515. The molecular weight excluding hydrogens is 282 g/mol. The number of aliphatic hydroxyl groups excluding tert-OH is 2. The van der Waals surface area contributed by atoms with Crippen LogP contribution in [0.2, 0.25) is 0 Å². The SMILES string of the molecule is CC(C)Oc1ccc2c(c1)OC(C)(C)C(N(C)CCO)C2O. The summed E-state index contributed by atoms with van der Waals surface area (Å²) >= 11 is 0. The molecule has 22 heavy (non-hydrogen) atoms. The number of rotatable bonds is 5. The maximum Gasteiger partial charge on any atom is 0.129 e. The second-order valence-electron chi connectivity index (χ2n) is 6.67. The largest absolute Gasteiger partial charge is 0.491 e. The monoisotopic (exact) mass is 309 g/mol. The predicted octanol–water partition coefficient (Wildman–Crippen LogP) is 1.97. The van der Waals surface area contributed by atoms with E-state index in [1.54, 1.807) is 0 Å². The van der Waals surface area contributed by atoms with Gasteiger partial charge in [0, 0.05) is 18.2 Å². The fourth-order valence-electron chi connectivity index (χ4n) is 3.16. The number of nitrogens with zero attached hydrogens (tertiary/aromatic N) is 1. The number of hydrogen-bond acceptors (Lipinski definition) is 5. The first-order valence-corrected chi connectivity index (χ1v) is 7.75. The number of aliphatic hydroxyl groups is 2. The lowest BCUT2D eigenvalue weighted by atomic mass is 9.85. The van der Waals surface area contributed by atoms with Crippen molar-refractivity contribution in [1.82, 2.24) is 4.90 Å². The number of likely N-dealkylation sites (N-methyl/N-ethyl adjacent to an activating group) is 1. The highest BCUT2D eigenvalue weighted by atomic mass is 16.5. The number of hydrogen-bond donors (Lipinski definition) is 2. The molecule has 0 bridgehead atoms. The van der Waals surface area contributed by atoms with Crippen molar-refractivity contribution < 1.29 is 19.7 Å². The van der Waals surface area contributed by atoms with E-state index in [1.165, 1.54) is 0 Å². The van der Waals surface area contributed by atoms with Crippen LogP contribution in [-0.4, -0.2) is 53.1 Å². The van der Waals surface area contributed by atoms with Crippen molar-refractivity contribution in [2.24, 2.45) is 0 Å². The van der Waals surface area contributed by atoms with E-state index in [4.69, 9.17) is 14.6 Å². The first kappa shape index (κ1) is 17.1. The Morgan fingerprint density at radius 1 is 1.36 bits per heavy atom. The topological polar surface area (TPSA) is 62.2 Å². The standard InChI is InChI=1S/C17H27NO4/c1-11(2)21-12-6-7-13-14(10-12)22-17(3,4)16(15(13)20)18(5)8-9-19/h6-7,10-11,15-16,19-20H,8-9H2,1-5H3. The smallest absolute Gasteiger partial charge is 0.129 e. The Balaban J connectivity index is 2.34. The fraction of sp³-hybridized carbons (Fsp3) is 0.647. The lowest BCUT2D eigenvalue weighted by Crippen LogP contribution is -2.57. The van der Waals surface area contributed by atoms with E-state index in [1.807, 2.05) is 57.8 Å². The molecule has 2 unspecified atom stereocenters. The Morgan fingerprint density at radius 3 is 2.64 bits per heavy atom. The van der Waals surface area contributed by atoms with Gasteiger partial charge in [0.1, 0.15) is 23.2 Å². The van der Waals surface area contributed by atoms with Crippen molar-refractivity contribution in [1.29, 1.82) is 0 Å². The van der Waals surface area contributed by atoms with Gasteiger partial charge < -0.3 is 19.7 Å². The Morgan fingerprint density at radius 2 is 2.05 bits per heavy atom. The van der Waals surface area contributed by atoms with Crippen LogP contribution in [0.4, 0.5) is 0 Å². The zero-order valence-corrected chi connectivity index (χ0v) is 14.0. The van der Waals surface area contributed by atoms with Crippen molar-refractivity contribution in [2.75, 3.05) is 20.2 Å². The van der Waals surface area contributed by atoms with Crippen LogP contribution in [0.15, 0.2) is 18.2 Å². The van der Waals surface area contributed by atoms with Crippen molar-refractivity contribution >= 4 is 0 Å². The molecule has 0 aliphatic carbocycles. The normalized spacial score (nSPS) is 23.3. The van der Waals surface area contributed by atoms with Gasteiger partial charge in [-0.2, -0.15) is 0 Å². The summed E-state index contributed by atoms with van der Waals surface area (Å²) in [6, 6.07) is 5.31. The van der Waals surface area contributed by atoms with Crippen LogP contribution in [0.3, 0.4) is 0 Å². The van der Waals surface area contributed by atoms with E-state index in [0.29, 0.717) is 12.3 Å². The van der Waals surface area contributed by atoms with E-state index in [9.17, 15) is 5.11 Å². The molecule has 2 rings (SSSR count). The summed E-state index contributed by atoms with van der Waals surface area (Å²) in [6.07, 6.45) is -0.591. The van der Waals surface area contributed by atoms with Gasteiger partial charge in [-0.25, -0.2) is 0 Å². The van der Waals surface area contributed by atoms with Gasteiger partial charge in [-0.3, -0.25) is 4.90 Å². The minimum absolute atomic E-state index is 0.0455. The van der Waals surface area contributed by atoms with E-state index in [-0.39, 0.29) is 18.8 Å². The Labute approximate surface area is 132 Å². The molecule has 1 heterocycles. The van der Waals surface area contributed by atoms with Crippen LogP contribution < -0.4 is 9.47 Å². The molecule has 0 spiro atoms. The van der Waals surface area contributed by atoms with Crippen LogP contribution in [0, 0.1) is 0 Å². The van der Waals surface area contributed by atoms with Gasteiger partial charge in [0.15, 0.2) is 0 Å². The van der Waals surface area contributed by atoms with Crippen LogP contribution in [0.5, 0.6) is 11.5 Å². The molecule has 1 aliphatic heterocycles. The summed E-state index contributed by atoms with van der Waals surface area (Å²) in [7, 11) is 1.89. The third-order valence-corrected chi connectivity index (χ3v) is 3.99. The summed E-state index contributed by atoms with van der Waals surface area (Å²) in [4.78, 5) is 1.94. The maximum atomic E-state index is 10.8. The molecule has 1 aromatic rings. The zero-order valence-electron chi connectivity index (χ0n) is 14.0. The highest BCUT2D eigenvalue weighted by Gasteiger charge is 2.45. The van der Waals surface area contributed by atoms with Crippen LogP contribution >= 0.6 is 0 Å². The van der Waals surface area contributed by atoms with Crippen LogP contribution in [0.25, 0.3) is 0 Å². The van der Waals surface area contributed by atoms with Gasteiger partial charge in [0.25, 0.3) is 0 Å². The third-order valence-electron chi connectivity index (χ3n) is 3.99. The average molecular weight is 309 g/mol. The Kier molecular flexibility index (Phi) is 5.00. The number of fused-ring (bicyclic) bond motifs is 1. The Hall–Kier alpha value is -1.30. The van der Waals surface area contributed by atoms with Crippen LogP contribution in [-0.2, 0) is 0 Å². The molecule has 2 N–H and O–H groups in total. The molecule has 1 aromatic carbocycles. The molecule has 0 saturated carbocycles. The summed E-state index contributed by atoms with van der Waals surface area (Å²) in [5.41, 5.74) is 0.178. The van der Waals surface area contributed by atoms with E-state index < -0.39 is 11.7 Å². The maximum absolute atomic E-state index is 10.8. The summed E-state index contributed by atoms with van der Waals surface area (Å²) in [6.45, 7) is 8.38. The lowest BCUT2D eigenvalue weighted by Gasteiger charge is -2.47. The first-order chi connectivity index (χ1) is 10.3. The first-order valence-electron chi connectivity index (χ1n) is 7.75. The van der Waals surface area contributed by atoms with Crippen molar-refractivity contribution in [3.63, 3.8) is 0 Å². The number of ether oxygens (including phenoxy) is 2. The minimum atomic E-state index is -0.677. The number of benzene rings is 1. The second-order valence-corrected chi connectivity index (χ2v) is 6.67. The van der Waals surface area contributed by atoms with Crippen LogP contribution in [0.1, 0.15) is 39.4 Å². The molecule has 5 heteroatoms. The molecule has 2 atom stereocenters. The minimum Gasteiger partial charge on any atom is -0.491 e. The lowest BCUT2D eigenvalue weighted by molar-refractivity contribution is -0.0773. The quantitative estimate of drug-likeness (QED) is 0.871. The zero-order chi connectivity index (χ0) is 16.5. The summed E-state index contributed by atoms with van der Waals surface area (Å²) in [5, 5.41) is 19.9. The average Bonchev–Trinajstić information content (AvgIpc) is 2.36. The summed E-state index contributed by atoms with van der Waals surface area (Å²) in [5.74, 6) is 1.39. The van der Waals surface area contributed by atoms with Gasteiger partial charge in [-0.1, -0.05) is 0 Å². The van der Waals surface area contributed by atoms with E-state index in [2.05, 4.69) is 0 Å². The third kappa shape index (κ3) is 3.37. The van der Waals surface area contributed by atoms with Gasteiger partial charge in [-0.15, -0.1) is 0 Å². The molecule has 124 valence electrons. The highest BCUT2D eigenvalue weighted by Crippen LogP contribution is 2.43. The molecule has 0 fully saturated rings.